The molecule has 0 aliphatic carbocycles. The van der Waals surface area contributed by atoms with Gasteiger partial charge in [-0.15, -0.1) is 0 Å². The van der Waals surface area contributed by atoms with Crippen molar-refractivity contribution in [3.63, 3.8) is 0 Å². The monoisotopic (exact) mass is 311 g/mol. The van der Waals surface area contributed by atoms with Gasteiger partial charge in [-0.1, -0.05) is 38.1 Å². The zero-order valence-corrected chi connectivity index (χ0v) is 14.3. The van der Waals surface area contributed by atoms with E-state index in [1.54, 1.807) is 7.11 Å². The van der Waals surface area contributed by atoms with Crippen molar-refractivity contribution in [2.75, 3.05) is 12.4 Å². The van der Waals surface area contributed by atoms with E-state index >= 15 is 0 Å². The summed E-state index contributed by atoms with van der Waals surface area (Å²) >= 11 is 0. The SMILES string of the molecule is COc1ccc(CCC(=O)Nc2ccc(C(C)C)cc2)cc1C. The van der Waals surface area contributed by atoms with Gasteiger partial charge in [0.1, 0.15) is 5.75 Å². The number of ether oxygens (including phenoxy) is 1. The van der Waals surface area contributed by atoms with Crippen LogP contribution in [0.4, 0.5) is 5.69 Å². The summed E-state index contributed by atoms with van der Waals surface area (Å²) in [4.78, 5) is 12.1. The Bertz CT molecular complexity index is 660. The summed E-state index contributed by atoms with van der Waals surface area (Å²) in [6.07, 6.45) is 1.19. The van der Waals surface area contributed by atoms with Gasteiger partial charge < -0.3 is 10.1 Å². The van der Waals surface area contributed by atoms with Crippen molar-refractivity contribution in [3.05, 3.63) is 59.2 Å². The average molecular weight is 311 g/mol. The van der Waals surface area contributed by atoms with Gasteiger partial charge in [0, 0.05) is 12.1 Å². The molecule has 0 saturated heterocycles. The Morgan fingerprint density at radius 2 is 1.83 bits per heavy atom. The van der Waals surface area contributed by atoms with E-state index < -0.39 is 0 Å². The predicted octanol–water partition coefficient (Wildman–Crippen LogP) is 4.70. The smallest absolute Gasteiger partial charge is 0.224 e. The number of benzene rings is 2. The van der Waals surface area contributed by atoms with Gasteiger partial charge in [0.2, 0.25) is 5.91 Å². The lowest BCUT2D eigenvalue weighted by molar-refractivity contribution is -0.116. The molecule has 122 valence electrons. The van der Waals surface area contributed by atoms with Crippen LogP contribution in [0.1, 0.15) is 42.9 Å². The highest BCUT2D eigenvalue weighted by Crippen LogP contribution is 2.20. The maximum absolute atomic E-state index is 12.1. The van der Waals surface area contributed by atoms with Gasteiger partial charge in [-0.3, -0.25) is 4.79 Å². The minimum atomic E-state index is 0.0377. The second kappa shape index (κ2) is 7.82. The van der Waals surface area contributed by atoms with Crippen LogP contribution in [0.3, 0.4) is 0 Å². The minimum absolute atomic E-state index is 0.0377. The van der Waals surface area contributed by atoms with Crippen molar-refractivity contribution in [2.24, 2.45) is 0 Å². The first-order valence-corrected chi connectivity index (χ1v) is 8.03. The van der Waals surface area contributed by atoms with Crippen molar-refractivity contribution in [1.82, 2.24) is 0 Å². The summed E-state index contributed by atoms with van der Waals surface area (Å²) < 4.78 is 5.25. The summed E-state index contributed by atoms with van der Waals surface area (Å²) in [6, 6.07) is 14.1. The highest BCUT2D eigenvalue weighted by atomic mass is 16.5. The Morgan fingerprint density at radius 1 is 1.13 bits per heavy atom. The molecule has 2 aromatic carbocycles. The van der Waals surface area contributed by atoms with Crippen molar-refractivity contribution < 1.29 is 9.53 Å². The van der Waals surface area contributed by atoms with Crippen molar-refractivity contribution in [2.45, 2.75) is 39.5 Å². The van der Waals surface area contributed by atoms with Gasteiger partial charge in [0.05, 0.1) is 7.11 Å². The number of carbonyl (C=O) groups excluding carboxylic acids is 1. The molecule has 23 heavy (non-hydrogen) atoms. The highest BCUT2D eigenvalue weighted by Gasteiger charge is 2.06. The number of rotatable bonds is 6. The van der Waals surface area contributed by atoms with Gasteiger partial charge in [-0.05, 0) is 54.2 Å². The van der Waals surface area contributed by atoms with Crippen LogP contribution < -0.4 is 10.1 Å². The molecule has 0 atom stereocenters. The molecule has 2 aromatic rings. The maximum Gasteiger partial charge on any atom is 0.224 e. The fraction of sp³-hybridized carbons (Fsp3) is 0.350. The predicted molar refractivity (Wildman–Crippen MR) is 95.2 cm³/mol. The normalized spacial score (nSPS) is 10.7. The van der Waals surface area contributed by atoms with Crippen LogP contribution in [-0.2, 0) is 11.2 Å². The van der Waals surface area contributed by atoms with E-state index in [0.717, 1.165) is 29.0 Å². The molecule has 3 nitrogen and oxygen atoms in total. The van der Waals surface area contributed by atoms with Gasteiger partial charge in [0.25, 0.3) is 0 Å². The molecule has 1 amide bonds. The highest BCUT2D eigenvalue weighted by molar-refractivity contribution is 5.90. The van der Waals surface area contributed by atoms with E-state index in [2.05, 4.69) is 37.4 Å². The number of nitrogens with one attached hydrogen (secondary N) is 1. The van der Waals surface area contributed by atoms with Crippen LogP contribution in [0.2, 0.25) is 0 Å². The summed E-state index contributed by atoms with van der Waals surface area (Å²) in [5.41, 5.74) is 4.37. The molecule has 0 fully saturated rings. The van der Waals surface area contributed by atoms with Crippen molar-refractivity contribution in [3.8, 4) is 5.75 Å². The molecule has 3 heteroatoms. The van der Waals surface area contributed by atoms with Crippen LogP contribution in [0, 0.1) is 6.92 Å². The quantitative estimate of drug-likeness (QED) is 0.840. The second-order valence-corrected chi connectivity index (χ2v) is 6.13. The number of carbonyl (C=O) groups is 1. The molecule has 2 rings (SSSR count). The van der Waals surface area contributed by atoms with E-state index in [-0.39, 0.29) is 5.91 Å². The first-order valence-electron chi connectivity index (χ1n) is 8.03. The molecule has 0 aromatic heterocycles. The molecule has 0 heterocycles. The molecule has 0 aliphatic rings. The van der Waals surface area contributed by atoms with E-state index in [0.29, 0.717) is 12.3 Å². The molecule has 0 spiro atoms. The molecular weight excluding hydrogens is 286 g/mol. The first kappa shape index (κ1) is 17.1. The number of hydrogen-bond donors (Lipinski definition) is 1. The average Bonchev–Trinajstić information content (AvgIpc) is 2.53. The number of methoxy groups -OCH3 is 1. The van der Waals surface area contributed by atoms with Crippen LogP contribution in [0.5, 0.6) is 5.75 Å². The third-order valence-corrected chi connectivity index (χ3v) is 3.96. The first-order chi connectivity index (χ1) is 11.0. The lowest BCUT2D eigenvalue weighted by Gasteiger charge is -2.09. The Balaban J connectivity index is 1.88. The Labute approximate surface area is 138 Å². The number of amides is 1. The summed E-state index contributed by atoms with van der Waals surface area (Å²) in [5.74, 6) is 1.41. The number of anilines is 1. The van der Waals surface area contributed by atoms with Gasteiger partial charge in [-0.25, -0.2) is 0 Å². The minimum Gasteiger partial charge on any atom is -0.496 e. The summed E-state index contributed by atoms with van der Waals surface area (Å²) in [7, 11) is 1.67. The lowest BCUT2D eigenvalue weighted by atomic mass is 10.0. The zero-order valence-electron chi connectivity index (χ0n) is 14.3. The molecule has 0 unspecified atom stereocenters. The lowest BCUT2D eigenvalue weighted by Crippen LogP contribution is -2.12. The van der Waals surface area contributed by atoms with E-state index in [1.807, 2.05) is 31.2 Å². The third-order valence-electron chi connectivity index (χ3n) is 3.96. The van der Waals surface area contributed by atoms with Crippen LogP contribution >= 0.6 is 0 Å². The van der Waals surface area contributed by atoms with Gasteiger partial charge in [0.15, 0.2) is 0 Å². The second-order valence-electron chi connectivity index (χ2n) is 6.13. The molecule has 0 radical (unpaired) electrons. The topological polar surface area (TPSA) is 38.3 Å². The standard InChI is InChI=1S/C20H25NO2/c1-14(2)17-7-9-18(10-8-17)21-20(22)12-6-16-5-11-19(23-4)15(3)13-16/h5,7-11,13-14H,6,12H2,1-4H3,(H,21,22). The maximum atomic E-state index is 12.1. The van der Waals surface area contributed by atoms with Crippen LogP contribution in [-0.4, -0.2) is 13.0 Å². The Hall–Kier alpha value is -2.29. The summed E-state index contributed by atoms with van der Waals surface area (Å²) in [6.45, 7) is 6.33. The fourth-order valence-corrected chi connectivity index (χ4v) is 2.53. The number of hydrogen-bond acceptors (Lipinski definition) is 2. The van der Waals surface area contributed by atoms with Crippen LogP contribution in [0.15, 0.2) is 42.5 Å². The Kier molecular flexibility index (Phi) is 5.80. The molecule has 0 aliphatic heterocycles. The third kappa shape index (κ3) is 4.85. The number of aryl methyl sites for hydroxylation is 2. The largest absolute Gasteiger partial charge is 0.496 e. The van der Waals surface area contributed by atoms with Crippen molar-refractivity contribution >= 4 is 11.6 Å². The van der Waals surface area contributed by atoms with E-state index in [4.69, 9.17) is 4.74 Å². The molecule has 1 N–H and O–H groups in total. The molecular formula is C20H25NO2. The molecule has 0 saturated carbocycles. The van der Waals surface area contributed by atoms with Gasteiger partial charge in [-0.2, -0.15) is 0 Å². The Morgan fingerprint density at radius 3 is 2.39 bits per heavy atom. The van der Waals surface area contributed by atoms with Gasteiger partial charge >= 0.3 is 0 Å². The zero-order chi connectivity index (χ0) is 16.8. The van der Waals surface area contributed by atoms with Crippen molar-refractivity contribution in [1.29, 1.82) is 0 Å². The van der Waals surface area contributed by atoms with E-state index in [1.165, 1.54) is 5.56 Å². The van der Waals surface area contributed by atoms with Crippen LogP contribution in [0.25, 0.3) is 0 Å². The molecule has 0 bridgehead atoms. The fourth-order valence-electron chi connectivity index (χ4n) is 2.53. The van der Waals surface area contributed by atoms with E-state index in [9.17, 15) is 4.79 Å². The summed E-state index contributed by atoms with van der Waals surface area (Å²) in [5, 5.41) is 2.95.